The Balaban J connectivity index is 2.34. The van der Waals surface area contributed by atoms with Crippen LogP contribution in [0.15, 0.2) is 46.2 Å². The van der Waals surface area contributed by atoms with E-state index in [0.717, 1.165) is 36.0 Å². The molecule has 0 unspecified atom stereocenters. The number of nitrogens with zero attached hydrogens (tertiary/aromatic N) is 1. The van der Waals surface area contributed by atoms with Crippen molar-refractivity contribution in [1.82, 2.24) is 0 Å². The van der Waals surface area contributed by atoms with E-state index in [1.54, 1.807) is 0 Å². The highest BCUT2D eigenvalue weighted by molar-refractivity contribution is 7.99. The Hall–Kier alpha value is -2.07. The maximum absolute atomic E-state index is 13.1. The third kappa shape index (κ3) is 3.52. The van der Waals surface area contributed by atoms with Crippen LogP contribution in [-0.2, 0) is 6.18 Å². The van der Waals surface area contributed by atoms with Crippen molar-refractivity contribution in [3.05, 3.63) is 59.2 Å². The van der Waals surface area contributed by atoms with Gasteiger partial charge in [0.15, 0.2) is 11.6 Å². The Morgan fingerprint density at radius 1 is 0.905 bits per heavy atom. The summed E-state index contributed by atoms with van der Waals surface area (Å²) in [4.78, 5) is 0.642. The van der Waals surface area contributed by atoms with Gasteiger partial charge < -0.3 is 0 Å². The zero-order valence-electron chi connectivity index (χ0n) is 10.2. The Morgan fingerprint density at radius 3 is 2.10 bits per heavy atom. The van der Waals surface area contributed by atoms with Crippen LogP contribution in [0, 0.1) is 23.0 Å². The molecule has 0 aliphatic heterocycles. The molecule has 0 aromatic heterocycles. The van der Waals surface area contributed by atoms with Gasteiger partial charge in [-0.05, 0) is 36.4 Å². The van der Waals surface area contributed by atoms with Crippen LogP contribution in [0.1, 0.15) is 11.1 Å². The van der Waals surface area contributed by atoms with Gasteiger partial charge in [0.2, 0.25) is 0 Å². The largest absolute Gasteiger partial charge is 0.417 e. The Morgan fingerprint density at radius 2 is 1.52 bits per heavy atom. The van der Waals surface area contributed by atoms with Crippen molar-refractivity contribution in [3.8, 4) is 6.07 Å². The van der Waals surface area contributed by atoms with E-state index in [1.165, 1.54) is 18.2 Å². The van der Waals surface area contributed by atoms with Gasteiger partial charge in [0, 0.05) is 9.79 Å². The second-order valence-corrected chi connectivity index (χ2v) is 5.14. The average molecular weight is 315 g/mol. The molecule has 7 heteroatoms. The number of hydrogen-bond donors (Lipinski definition) is 0. The van der Waals surface area contributed by atoms with Crippen molar-refractivity contribution < 1.29 is 22.0 Å². The molecule has 2 aromatic carbocycles. The molecule has 0 amide bonds. The molecular weight excluding hydrogens is 309 g/mol. The summed E-state index contributed by atoms with van der Waals surface area (Å²) in [6.07, 6.45) is -4.61. The van der Waals surface area contributed by atoms with Crippen LogP contribution in [0.5, 0.6) is 0 Å². The van der Waals surface area contributed by atoms with E-state index in [9.17, 15) is 22.0 Å². The molecule has 0 atom stereocenters. The third-order valence-electron chi connectivity index (χ3n) is 2.54. The van der Waals surface area contributed by atoms with Gasteiger partial charge in [0.1, 0.15) is 0 Å². The molecule has 0 aliphatic rings. The van der Waals surface area contributed by atoms with E-state index in [4.69, 9.17) is 5.26 Å². The molecule has 2 rings (SSSR count). The quantitative estimate of drug-likeness (QED) is 0.728. The molecular formula is C14H6F5NS. The highest BCUT2D eigenvalue weighted by atomic mass is 32.2. The summed E-state index contributed by atoms with van der Waals surface area (Å²) >= 11 is 0.934. The lowest BCUT2D eigenvalue weighted by molar-refractivity contribution is -0.137. The first kappa shape index (κ1) is 15.3. The predicted molar refractivity (Wildman–Crippen MR) is 66.6 cm³/mol. The van der Waals surface area contributed by atoms with Gasteiger partial charge in [-0.2, -0.15) is 18.4 Å². The van der Waals surface area contributed by atoms with Gasteiger partial charge in [-0.25, -0.2) is 8.78 Å². The predicted octanol–water partition coefficient (Wildman–Crippen LogP) is 5.01. The molecule has 21 heavy (non-hydrogen) atoms. The molecule has 1 nitrogen and oxygen atoms in total. The van der Waals surface area contributed by atoms with E-state index >= 15 is 0 Å². The van der Waals surface area contributed by atoms with Crippen LogP contribution in [0.3, 0.4) is 0 Å². The van der Waals surface area contributed by atoms with Crippen molar-refractivity contribution in [2.45, 2.75) is 16.0 Å². The van der Waals surface area contributed by atoms with Gasteiger partial charge in [-0.3, -0.25) is 0 Å². The summed E-state index contributed by atoms with van der Waals surface area (Å²) in [5.41, 5.74) is -1.55. The lowest BCUT2D eigenvalue weighted by Crippen LogP contribution is -2.07. The fourth-order valence-corrected chi connectivity index (χ4v) is 2.49. The molecule has 0 spiro atoms. The van der Waals surface area contributed by atoms with Crippen LogP contribution in [0.2, 0.25) is 0 Å². The topological polar surface area (TPSA) is 23.8 Å². The molecule has 0 saturated heterocycles. The monoisotopic (exact) mass is 315 g/mol. The number of hydrogen-bond acceptors (Lipinski definition) is 2. The van der Waals surface area contributed by atoms with E-state index in [2.05, 4.69) is 0 Å². The highest BCUT2D eigenvalue weighted by Crippen LogP contribution is 2.35. The van der Waals surface area contributed by atoms with Crippen LogP contribution in [-0.4, -0.2) is 0 Å². The molecule has 0 heterocycles. The number of nitriles is 1. The summed E-state index contributed by atoms with van der Waals surface area (Å²) in [5, 5.41) is 8.78. The SMILES string of the molecule is N#Cc1cc(Sc2ccc(F)c(F)c2)ccc1C(F)(F)F. The standard InChI is InChI=1S/C14H6F5NS/c15-12-4-2-10(6-13(12)16)21-9-1-3-11(14(17,18)19)8(5-9)7-20/h1-6H. The molecule has 0 saturated carbocycles. The average Bonchev–Trinajstić information content (AvgIpc) is 2.41. The van der Waals surface area contributed by atoms with E-state index in [1.807, 2.05) is 0 Å². The zero-order chi connectivity index (χ0) is 15.6. The summed E-state index contributed by atoms with van der Waals surface area (Å²) < 4.78 is 63.8. The Kier molecular flexibility index (Phi) is 4.19. The minimum Gasteiger partial charge on any atom is -0.204 e. The van der Waals surface area contributed by atoms with Crippen LogP contribution >= 0.6 is 11.8 Å². The zero-order valence-corrected chi connectivity index (χ0v) is 11.0. The molecule has 0 radical (unpaired) electrons. The van der Waals surface area contributed by atoms with Gasteiger partial charge in [0.05, 0.1) is 17.2 Å². The molecule has 0 N–H and O–H groups in total. The second kappa shape index (κ2) is 5.74. The Labute approximate surface area is 121 Å². The first-order valence-corrected chi connectivity index (χ1v) is 6.37. The number of halogens is 5. The lowest BCUT2D eigenvalue weighted by atomic mass is 10.1. The molecule has 0 bridgehead atoms. The third-order valence-corrected chi connectivity index (χ3v) is 3.52. The van der Waals surface area contributed by atoms with E-state index in [-0.39, 0.29) is 0 Å². The van der Waals surface area contributed by atoms with Gasteiger partial charge in [-0.1, -0.05) is 11.8 Å². The first-order chi connectivity index (χ1) is 9.81. The smallest absolute Gasteiger partial charge is 0.204 e. The summed E-state index contributed by atoms with van der Waals surface area (Å²) in [6, 6.07) is 7.67. The second-order valence-electron chi connectivity index (χ2n) is 3.99. The Bertz CT molecular complexity index is 718. The van der Waals surface area contributed by atoms with Crippen LogP contribution in [0.4, 0.5) is 22.0 Å². The number of alkyl halides is 3. The van der Waals surface area contributed by atoms with E-state index < -0.39 is 28.9 Å². The molecule has 2 aromatic rings. The van der Waals surface area contributed by atoms with Crippen molar-refractivity contribution >= 4 is 11.8 Å². The van der Waals surface area contributed by atoms with Crippen molar-refractivity contribution in [2.75, 3.05) is 0 Å². The molecule has 0 fully saturated rings. The summed E-state index contributed by atoms with van der Waals surface area (Å²) in [5.74, 6) is -2.06. The summed E-state index contributed by atoms with van der Waals surface area (Å²) in [6.45, 7) is 0. The minimum atomic E-state index is -4.61. The van der Waals surface area contributed by atoms with Crippen molar-refractivity contribution in [2.24, 2.45) is 0 Å². The maximum Gasteiger partial charge on any atom is 0.417 e. The van der Waals surface area contributed by atoms with Gasteiger partial charge in [-0.15, -0.1) is 0 Å². The van der Waals surface area contributed by atoms with Crippen LogP contribution < -0.4 is 0 Å². The minimum absolute atomic E-state index is 0.317. The van der Waals surface area contributed by atoms with Crippen molar-refractivity contribution in [3.63, 3.8) is 0 Å². The lowest BCUT2D eigenvalue weighted by Gasteiger charge is -2.10. The molecule has 0 aliphatic carbocycles. The van der Waals surface area contributed by atoms with Crippen molar-refractivity contribution in [1.29, 1.82) is 5.26 Å². The first-order valence-electron chi connectivity index (χ1n) is 5.55. The summed E-state index contributed by atoms with van der Waals surface area (Å²) in [7, 11) is 0. The van der Waals surface area contributed by atoms with E-state index in [0.29, 0.717) is 9.79 Å². The van der Waals surface area contributed by atoms with Gasteiger partial charge in [0.25, 0.3) is 0 Å². The fraction of sp³-hybridized carbons (Fsp3) is 0.0714. The number of rotatable bonds is 2. The highest BCUT2D eigenvalue weighted by Gasteiger charge is 2.33. The van der Waals surface area contributed by atoms with Crippen LogP contribution in [0.25, 0.3) is 0 Å². The maximum atomic E-state index is 13.1. The normalized spacial score (nSPS) is 11.2. The fourth-order valence-electron chi connectivity index (χ4n) is 1.60. The number of benzene rings is 2. The van der Waals surface area contributed by atoms with Gasteiger partial charge >= 0.3 is 6.18 Å². The molecule has 108 valence electrons.